The van der Waals surface area contributed by atoms with Gasteiger partial charge in [-0.1, -0.05) is 12.1 Å². The average molecular weight is 390 g/mol. The Morgan fingerprint density at radius 1 is 1.04 bits per heavy atom. The van der Waals surface area contributed by atoms with Crippen LogP contribution in [-0.2, 0) is 15.8 Å². The van der Waals surface area contributed by atoms with E-state index >= 15 is 0 Å². The molecular formula is C18H19FN4O3S. The molecule has 0 bridgehead atoms. The van der Waals surface area contributed by atoms with Crippen molar-refractivity contribution in [3.8, 4) is 0 Å². The molecule has 0 N–H and O–H groups in total. The lowest BCUT2D eigenvalue weighted by Gasteiger charge is -2.33. The molecule has 0 amide bonds. The van der Waals surface area contributed by atoms with E-state index in [4.69, 9.17) is 4.42 Å². The Morgan fingerprint density at radius 3 is 2.44 bits per heavy atom. The Balaban J connectivity index is 1.43. The van der Waals surface area contributed by atoms with Crippen molar-refractivity contribution in [1.29, 1.82) is 0 Å². The van der Waals surface area contributed by atoms with Gasteiger partial charge in [-0.2, -0.15) is 9.29 Å². The largest absolute Gasteiger partial charge is 0.422 e. The number of fused-ring (bicyclic) bond motifs is 1. The quantitative estimate of drug-likeness (QED) is 0.680. The molecule has 1 fully saturated rings. The molecule has 3 heterocycles. The molecule has 0 radical (unpaired) electrons. The zero-order valence-electron chi connectivity index (χ0n) is 14.8. The topological polar surface area (TPSA) is 79.5 Å². The Morgan fingerprint density at radius 2 is 1.74 bits per heavy atom. The number of pyridine rings is 1. The van der Waals surface area contributed by atoms with Crippen molar-refractivity contribution in [3.63, 3.8) is 0 Å². The maximum Gasteiger partial charge on any atom is 0.300 e. The minimum Gasteiger partial charge on any atom is -0.422 e. The third kappa shape index (κ3) is 3.79. The predicted octanol–water partition coefficient (Wildman–Crippen LogP) is 2.32. The first-order chi connectivity index (χ1) is 12.9. The van der Waals surface area contributed by atoms with Gasteiger partial charge in [0.15, 0.2) is 5.58 Å². The van der Waals surface area contributed by atoms with E-state index in [9.17, 15) is 12.8 Å². The molecule has 1 saturated heterocycles. The summed E-state index contributed by atoms with van der Waals surface area (Å²) in [6.45, 7) is 3.53. The number of sulfonamides is 1. The van der Waals surface area contributed by atoms with Crippen LogP contribution in [0.1, 0.15) is 11.3 Å². The molecule has 0 atom stereocenters. The predicted molar refractivity (Wildman–Crippen MR) is 99.4 cm³/mol. The fourth-order valence-corrected chi connectivity index (χ4v) is 4.59. The van der Waals surface area contributed by atoms with Crippen LogP contribution in [0.3, 0.4) is 0 Å². The lowest BCUT2D eigenvalue weighted by atomic mass is 10.2. The molecule has 27 heavy (non-hydrogen) atoms. The normalized spacial score (nSPS) is 16.1. The van der Waals surface area contributed by atoms with Gasteiger partial charge in [-0.05, 0) is 36.8 Å². The zero-order valence-corrected chi connectivity index (χ0v) is 15.6. The average Bonchev–Trinajstić information content (AvgIpc) is 3.07. The first-order valence-electron chi connectivity index (χ1n) is 8.62. The minimum absolute atomic E-state index is 0.140. The number of benzene rings is 1. The summed E-state index contributed by atoms with van der Waals surface area (Å²) < 4.78 is 45.4. The van der Waals surface area contributed by atoms with Crippen LogP contribution in [0, 0.1) is 12.7 Å². The Labute approximate surface area is 156 Å². The van der Waals surface area contributed by atoms with Crippen molar-refractivity contribution in [1.82, 2.24) is 14.3 Å². The molecule has 0 unspecified atom stereocenters. The summed E-state index contributed by atoms with van der Waals surface area (Å²) in [7, 11) is -3.46. The van der Waals surface area contributed by atoms with Crippen LogP contribution in [0.15, 0.2) is 40.8 Å². The highest BCUT2D eigenvalue weighted by Gasteiger charge is 2.29. The van der Waals surface area contributed by atoms with Crippen molar-refractivity contribution in [3.05, 3.63) is 53.5 Å². The van der Waals surface area contributed by atoms with Gasteiger partial charge in [0.25, 0.3) is 6.01 Å². The number of anilines is 1. The van der Waals surface area contributed by atoms with Gasteiger partial charge >= 0.3 is 0 Å². The molecule has 1 aliphatic heterocycles. The zero-order chi connectivity index (χ0) is 19.0. The highest BCUT2D eigenvalue weighted by Crippen LogP contribution is 2.23. The van der Waals surface area contributed by atoms with Crippen LogP contribution in [0.4, 0.5) is 10.4 Å². The van der Waals surface area contributed by atoms with Crippen molar-refractivity contribution in [2.45, 2.75) is 12.7 Å². The van der Waals surface area contributed by atoms with Gasteiger partial charge in [0.2, 0.25) is 15.7 Å². The number of hydrogen-bond donors (Lipinski definition) is 0. The van der Waals surface area contributed by atoms with E-state index in [2.05, 4.69) is 9.97 Å². The van der Waals surface area contributed by atoms with E-state index in [1.165, 1.54) is 28.6 Å². The summed E-state index contributed by atoms with van der Waals surface area (Å²) in [6, 6.07) is 9.68. The van der Waals surface area contributed by atoms with Gasteiger partial charge in [0.05, 0.1) is 5.75 Å². The third-order valence-corrected chi connectivity index (χ3v) is 6.40. The van der Waals surface area contributed by atoms with E-state index in [0.29, 0.717) is 49.0 Å². The number of oxazole rings is 1. The number of halogens is 1. The second kappa shape index (κ2) is 6.90. The fraction of sp³-hybridized carbons (Fsp3) is 0.333. The lowest BCUT2D eigenvalue weighted by Crippen LogP contribution is -2.49. The molecule has 7 nitrogen and oxygen atoms in total. The van der Waals surface area contributed by atoms with E-state index in [0.717, 1.165) is 5.69 Å². The first-order valence-corrected chi connectivity index (χ1v) is 10.2. The number of aromatic nitrogens is 2. The number of rotatable bonds is 4. The Bertz CT molecular complexity index is 1060. The lowest BCUT2D eigenvalue weighted by molar-refractivity contribution is 0.373. The third-order valence-electron chi connectivity index (χ3n) is 4.55. The first kappa shape index (κ1) is 17.9. The molecule has 1 aromatic carbocycles. The highest BCUT2D eigenvalue weighted by atomic mass is 32.2. The minimum atomic E-state index is -3.46. The van der Waals surface area contributed by atoms with Crippen LogP contribution in [0.5, 0.6) is 0 Å². The maximum atomic E-state index is 13.0. The molecule has 142 valence electrons. The van der Waals surface area contributed by atoms with E-state index < -0.39 is 10.0 Å². The van der Waals surface area contributed by atoms with Gasteiger partial charge in [0.1, 0.15) is 5.82 Å². The Kier molecular flexibility index (Phi) is 4.56. The van der Waals surface area contributed by atoms with Crippen LogP contribution in [0.2, 0.25) is 0 Å². The van der Waals surface area contributed by atoms with Gasteiger partial charge < -0.3 is 9.32 Å². The summed E-state index contributed by atoms with van der Waals surface area (Å²) in [4.78, 5) is 10.7. The van der Waals surface area contributed by atoms with Gasteiger partial charge in [-0.3, -0.25) is 0 Å². The van der Waals surface area contributed by atoms with E-state index in [-0.39, 0.29) is 11.6 Å². The second-order valence-electron chi connectivity index (χ2n) is 6.54. The molecule has 0 spiro atoms. The van der Waals surface area contributed by atoms with Crippen molar-refractivity contribution >= 4 is 27.3 Å². The summed E-state index contributed by atoms with van der Waals surface area (Å²) in [5.41, 5.74) is 2.59. The van der Waals surface area contributed by atoms with Crippen molar-refractivity contribution in [2.75, 3.05) is 31.1 Å². The van der Waals surface area contributed by atoms with Crippen molar-refractivity contribution in [2.24, 2.45) is 0 Å². The second-order valence-corrected chi connectivity index (χ2v) is 8.51. The van der Waals surface area contributed by atoms with Gasteiger partial charge in [-0.15, -0.1) is 0 Å². The summed E-state index contributed by atoms with van der Waals surface area (Å²) >= 11 is 0. The number of piperazine rings is 1. The number of hydrogen-bond acceptors (Lipinski definition) is 6. The van der Waals surface area contributed by atoms with Crippen LogP contribution < -0.4 is 4.90 Å². The summed E-state index contributed by atoms with van der Waals surface area (Å²) in [5, 5.41) is 0. The summed E-state index contributed by atoms with van der Waals surface area (Å²) in [6.07, 6.45) is 0. The SMILES string of the molecule is Cc1ccc2oc(N3CCN(S(=O)(=O)Cc4ccc(F)cc4)CC3)nc2n1. The molecule has 3 aromatic rings. The molecule has 1 aliphatic rings. The number of nitrogens with zero attached hydrogens (tertiary/aromatic N) is 4. The smallest absolute Gasteiger partial charge is 0.300 e. The van der Waals surface area contributed by atoms with Gasteiger partial charge in [-0.25, -0.2) is 17.8 Å². The van der Waals surface area contributed by atoms with Crippen LogP contribution in [0.25, 0.3) is 11.2 Å². The van der Waals surface area contributed by atoms with E-state index in [1.807, 2.05) is 24.0 Å². The molecule has 2 aromatic heterocycles. The summed E-state index contributed by atoms with van der Waals surface area (Å²) in [5.74, 6) is -0.521. The molecule has 9 heteroatoms. The molecular weight excluding hydrogens is 371 g/mol. The standard InChI is InChI=1S/C18H19FN4O3S/c1-13-2-7-16-17(20-13)21-18(26-16)22-8-10-23(11-9-22)27(24,25)12-14-3-5-15(19)6-4-14/h2-7H,8-12H2,1H3. The molecule has 0 saturated carbocycles. The van der Waals surface area contributed by atoms with Crippen LogP contribution in [-0.4, -0.2) is 48.9 Å². The number of aryl methyl sites for hydroxylation is 1. The molecule has 0 aliphatic carbocycles. The Hall–Kier alpha value is -2.52. The monoisotopic (exact) mass is 390 g/mol. The highest BCUT2D eigenvalue weighted by molar-refractivity contribution is 7.88. The van der Waals surface area contributed by atoms with Gasteiger partial charge in [0, 0.05) is 31.9 Å². The van der Waals surface area contributed by atoms with Crippen LogP contribution >= 0.6 is 0 Å². The molecule has 4 rings (SSSR count). The van der Waals surface area contributed by atoms with Crippen molar-refractivity contribution < 1.29 is 17.2 Å². The maximum absolute atomic E-state index is 13.0. The fourth-order valence-electron chi connectivity index (χ4n) is 3.08. The van der Waals surface area contributed by atoms with E-state index in [1.54, 1.807) is 0 Å².